The fourth-order valence-electron chi connectivity index (χ4n) is 3.08. The topological polar surface area (TPSA) is 120 Å². The Bertz CT molecular complexity index is 817. The average molecular weight is 344 g/mol. The zero-order chi connectivity index (χ0) is 18.0. The summed E-state index contributed by atoms with van der Waals surface area (Å²) in [5.41, 5.74) is 2.80. The average Bonchev–Trinajstić information content (AvgIpc) is 2.97. The molecule has 0 unspecified atom stereocenters. The summed E-state index contributed by atoms with van der Waals surface area (Å²) < 4.78 is 5.59. The van der Waals surface area contributed by atoms with Crippen molar-refractivity contribution in [2.75, 3.05) is 5.43 Å². The van der Waals surface area contributed by atoms with Crippen LogP contribution in [0.5, 0.6) is 0 Å². The number of allylic oxidation sites excluding steroid dienone is 1. The number of hydrazone groups is 1. The van der Waals surface area contributed by atoms with Gasteiger partial charge in [-0.05, 0) is 25.5 Å². The molecule has 0 aromatic heterocycles. The van der Waals surface area contributed by atoms with Crippen molar-refractivity contribution in [3.05, 3.63) is 62.4 Å². The fraction of sp³-hybridized carbons (Fsp3) is 0.312. The molecule has 25 heavy (non-hydrogen) atoms. The number of nitrogens with zero attached hydrogens (tertiary/aromatic N) is 3. The molecule has 0 radical (unpaired) electrons. The molecule has 1 aromatic carbocycles. The van der Waals surface area contributed by atoms with Crippen molar-refractivity contribution in [3.63, 3.8) is 0 Å². The van der Waals surface area contributed by atoms with E-state index in [1.165, 1.54) is 17.7 Å². The van der Waals surface area contributed by atoms with Crippen molar-refractivity contribution in [3.8, 4) is 0 Å². The SMILES string of the molecule is CC1=CC[C@@H]2OC=C[C@]2(/C=N/Nc2ccc([N+](=O)[O-])cc2[N+](=O)[O-])C1. The Morgan fingerprint density at radius 1 is 1.36 bits per heavy atom. The van der Waals surface area contributed by atoms with Gasteiger partial charge in [0.1, 0.15) is 11.8 Å². The number of anilines is 1. The van der Waals surface area contributed by atoms with E-state index in [-0.39, 0.29) is 22.9 Å². The Kier molecular flexibility index (Phi) is 4.22. The maximum absolute atomic E-state index is 11.1. The molecule has 0 saturated carbocycles. The van der Waals surface area contributed by atoms with Crippen molar-refractivity contribution in [1.29, 1.82) is 0 Å². The Labute approximate surface area is 143 Å². The first kappa shape index (κ1) is 16.6. The van der Waals surface area contributed by atoms with Crippen LogP contribution in [0, 0.1) is 25.6 Å². The molecule has 1 N–H and O–H groups in total. The highest BCUT2D eigenvalue weighted by Crippen LogP contribution is 2.42. The van der Waals surface area contributed by atoms with Crippen LogP contribution in [0.15, 0.2) is 47.3 Å². The van der Waals surface area contributed by atoms with Gasteiger partial charge < -0.3 is 4.74 Å². The van der Waals surface area contributed by atoms with Crippen LogP contribution in [0.1, 0.15) is 19.8 Å². The molecule has 0 saturated heterocycles. The second-order valence-corrected chi connectivity index (χ2v) is 6.09. The van der Waals surface area contributed by atoms with Gasteiger partial charge in [0.15, 0.2) is 0 Å². The van der Waals surface area contributed by atoms with Gasteiger partial charge in [0.05, 0.1) is 27.6 Å². The number of nitrogens with one attached hydrogen (secondary N) is 1. The molecule has 130 valence electrons. The lowest BCUT2D eigenvalue weighted by molar-refractivity contribution is -0.393. The third-order valence-electron chi connectivity index (χ3n) is 4.36. The number of fused-ring (bicyclic) bond motifs is 1. The van der Waals surface area contributed by atoms with E-state index in [1.54, 1.807) is 12.5 Å². The molecule has 1 aromatic rings. The van der Waals surface area contributed by atoms with Crippen molar-refractivity contribution in [2.24, 2.45) is 10.5 Å². The van der Waals surface area contributed by atoms with E-state index in [1.807, 2.05) is 13.0 Å². The smallest absolute Gasteiger partial charge is 0.301 e. The van der Waals surface area contributed by atoms with Crippen LogP contribution >= 0.6 is 0 Å². The highest BCUT2D eigenvalue weighted by Gasteiger charge is 2.42. The molecule has 0 bridgehead atoms. The Morgan fingerprint density at radius 3 is 2.88 bits per heavy atom. The molecule has 1 aliphatic carbocycles. The minimum absolute atomic E-state index is 0.0476. The van der Waals surface area contributed by atoms with Gasteiger partial charge in [0.2, 0.25) is 0 Å². The van der Waals surface area contributed by atoms with Crippen LogP contribution < -0.4 is 5.43 Å². The standard InChI is InChI=1S/C16H16N4O5/c1-11-2-5-15-16(9-11,6-7-25-15)10-17-18-13-4-3-12(19(21)22)8-14(13)20(23)24/h2-4,6-8,10,15,18H,5,9H2,1H3/b17-10+/t15-,16+/m0/s1. The van der Waals surface area contributed by atoms with E-state index in [0.717, 1.165) is 18.9 Å². The monoisotopic (exact) mass is 344 g/mol. The summed E-state index contributed by atoms with van der Waals surface area (Å²) in [6.45, 7) is 2.03. The predicted molar refractivity (Wildman–Crippen MR) is 91.3 cm³/mol. The van der Waals surface area contributed by atoms with Crippen LogP contribution in [0.3, 0.4) is 0 Å². The van der Waals surface area contributed by atoms with E-state index in [9.17, 15) is 20.2 Å². The van der Waals surface area contributed by atoms with Gasteiger partial charge >= 0.3 is 5.69 Å². The molecule has 0 fully saturated rings. The summed E-state index contributed by atoms with van der Waals surface area (Å²) in [4.78, 5) is 20.5. The third-order valence-corrected chi connectivity index (χ3v) is 4.36. The summed E-state index contributed by atoms with van der Waals surface area (Å²) in [5.74, 6) is 0. The zero-order valence-corrected chi connectivity index (χ0v) is 13.4. The number of nitro benzene ring substituents is 2. The quantitative estimate of drug-likeness (QED) is 0.377. The summed E-state index contributed by atoms with van der Waals surface area (Å²) in [6, 6.07) is 3.37. The number of hydrogen-bond acceptors (Lipinski definition) is 7. The summed E-state index contributed by atoms with van der Waals surface area (Å²) in [5, 5.41) is 26.0. The number of nitro groups is 2. The van der Waals surface area contributed by atoms with Crippen LogP contribution in [0.2, 0.25) is 0 Å². The molecule has 9 nitrogen and oxygen atoms in total. The lowest BCUT2D eigenvalue weighted by Crippen LogP contribution is -2.35. The highest BCUT2D eigenvalue weighted by molar-refractivity contribution is 5.74. The Hall–Kier alpha value is -3.23. The van der Waals surface area contributed by atoms with Crippen LogP contribution in [0.4, 0.5) is 17.1 Å². The maximum Gasteiger partial charge on any atom is 0.301 e. The Balaban J connectivity index is 1.82. The number of benzene rings is 1. The van der Waals surface area contributed by atoms with E-state index >= 15 is 0 Å². The maximum atomic E-state index is 11.1. The van der Waals surface area contributed by atoms with Crippen molar-refractivity contribution < 1.29 is 14.6 Å². The molecule has 0 amide bonds. The molecular formula is C16H16N4O5. The largest absolute Gasteiger partial charge is 0.497 e. The third kappa shape index (κ3) is 3.21. The first-order valence-electron chi connectivity index (χ1n) is 7.63. The first-order chi connectivity index (χ1) is 11.9. The summed E-state index contributed by atoms with van der Waals surface area (Å²) in [6.07, 6.45) is 8.86. The molecular weight excluding hydrogens is 328 g/mol. The minimum Gasteiger partial charge on any atom is -0.497 e. The highest BCUT2D eigenvalue weighted by atomic mass is 16.6. The van der Waals surface area contributed by atoms with Crippen molar-refractivity contribution >= 4 is 23.3 Å². The van der Waals surface area contributed by atoms with Crippen LogP contribution in [0.25, 0.3) is 0 Å². The second kappa shape index (κ2) is 6.34. The molecule has 3 rings (SSSR count). The lowest BCUT2D eigenvalue weighted by atomic mass is 9.74. The fourth-order valence-corrected chi connectivity index (χ4v) is 3.08. The number of non-ortho nitro benzene ring substituents is 1. The predicted octanol–water partition coefficient (Wildman–Crippen LogP) is 3.54. The molecule has 9 heteroatoms. The normalized spacial score (nSPS) is 24.5. The van der Waals surface area contributed by atoms with E-state index in [0.29, 0.717) is 0 Å². The van der Waals surface area contributed by atoms with Gasteiger partial charge in [-0.2, -0.15) is 5.10 Å². The molecule has 0 spiro atoms. The van der Waals surface area contributed by atoms with Crippen molar-refractivity contribution in [1.82, 2.24) is 0 Å². The van der Waals surface area contributed by atoms with Crippen molar-refractivity contribution in [2.45, 2.75) is 25.9 Å². The minimum atomic E-state index is -0.683. The summed E-state index contributed by atoms with van der Waals surface area (Å²) >= 11 is 0. The number of ether oxygens (including phenoxy) is 1. The molecule has 2 atom stereocenters. The number of hydrogen-bond donors (Lipinski definition) is 1. The van der Waals surface area contributed by atoms with Crippen LogP contribution in [-0.4, -0.2) is 22.2 Å². The van der Waals surface area contributed by atoms with Gasteiger partial charge in [-0.15, -0.1) is 0 Å². The first-order valence-corrected chi connectivity index (χ1v) is 7.63. The molecule has 1 heterocycles. The van der Waals surface area contributed by atoms with Crippen LogP contribution in [-0.2, 0) is 4.74 Å². The second-order valence-electron chi connectivity index (χ2n) is 6.09. The zero-order valence-electron chi connectivity index (χ0n) is 13.4. The Morgan fingerprint density at radius 2 is 2.16 bits per heavy atom. The van der Waals surface area contributed by atoms with Gasteiger partial charge in [-0.3, -0.25) is 25.7 Å². The molecule has 1 aliphatic heterocycles. The van der Waals surface area contributed by atoms with E-state index < -0.39 is 15.5 Å². The lowest BCUT2D eigenvalue weighted by Gasteiger charge is -2.32. The van der Waals surface area contributed by atoms with E-state index in [2.05, 4.69) is 16.6 Å². The van der Waals surface area contributed by atoms with Gasteiger partial charge in [-0.1, -0.05) is 11.6 Å². The summed E-state index contributed by atoms with van der Waals surface area (Å²) in [7, 11) is 0. The van der Waals surface area contributed by atoms with Gasteiger partial charge in [0, 0.05) is 18.7 Å². The molecule has 2 aliphatic rings. The van der Waals surface area contributed by atoms with Gasteiger partial charge in [-0.25, -0.2) is 0 Å². The van der Waals surface area contributed by atoms with Gasteiger partial charge in [0.25, 0.3) is 5.69 Å². The number of rotatable bonds is 5. The van der Waals surface area contributed by atoms with E-state index in [4.69, 9.17) is 4.74 Å².